The highest BCUT2D eigenvalue weighted by Gasteiger charge is 2.30. The van der Waals surface area contributed by atoms with Crippen LogP contribution in [0, 0.1) is 0 Å². The summed E-state index contributed by atoms with van der Waals surface area (Å²) in [6.07, 6.45) is 6.23. The van der Waals surface area contributed by atoms with Gasteiger partial charge in [-0.1, -0.05) is 11.2 Å². The summed E-state index contributed by atoms with van der Waals surface area (Å²) in [5, 5.41) is 14.1. The van der Waals surface area contributed by atoms with Crippen LogP contribution in [0.4, 0.5) is 0 Å². The molecule has 8 heteroatoms. The number of hydrogen-bond donors (Lipinski definition) is 1. The van der Waals surface area contributed by atoms with Gasteiger partial charge in [-0.3, -0.25) is 4.98 Å². The molecule has 1 N–H and O–H groups in total. The number of sulfonamides is 1. The Kier molecular flexibility index (Phi) is 4.98. The van der Waals surface area contributed by atoms with E-state index in [1.807, 2.05) is 12.1 Å². The second-order valence-electron chi connectivity index (χ2n) is 5.75. The molecule has 1 aliphatic carbocycles. The zero-order valence-corrected chi connectivity index (χ0v) is 15.0. The van der Waals surface area contributed by atoms with Crippen molar-refractivity contribution in [1.82, 2.24) is 9.29 Å². The zero-order valence-electron chi connectivity index (χ0n) is 13.3. The summed E-state index contributed by atoms with van der Waals surface area (Å²) in [4.78, 5) is 5.19. The van der Waals surface area contributed by atoms with Crippen molar-refractivity contribution in [1.29, 1.82) is 0 Å². The number of oxime groups is 1. The second kappa shape index (κ2) is 7.00. The van der Waals surface area contributed by atoms with E-state index in [1.165, 1.54) is 15.6 Å². The predicted molar refractivity (Wildman–Crippen MR) is 93.3 cm³/mol. The molecule has 0 saturated heterocycles. The van der Waals surface area contributed by atoms with E-state index >= 15 is 0 Å². The number of likely N-dealkylation sites (N-methyl/N-ethyl adjacent to an activating group) is 1. The highest BCUT2D eigenvalue weighted by molar-refractivity contribution is 7.89. The third-order valence-electron chi connectivity index (χ3n) is 4.20. The van der Waals surface area contributed by atoms with E-state index in [4.69, 9.17) is 5.21 Å². The standard InChI is InChI=1S/C16H19N3O3S2/c1-19(9-7-12-4-3-8-17-10-12)24(21,22)15-11-23-16-13(15)5-2-6-14(16)18-20/h3-4,8,10-11,20H,2,5-7,9H2,1H3. The lowest BCUT2D eigenvalue weighted by atomic mass is 9.98. The van der Waals surface area contributed by atoms with E-state index in [0.717, 1.165) is 22.4 Å². The lowest BCUT2D eigenvalue weighted by Gasteiger charge is -2.19. The first kappa shape index (κ1) is 17.1. The molecule has 0 amide bonds. The third-order valence-corrected chi connectivity index (χ3v) is 7.35. The van der Waals surface area contributed by atoms with E-state index in [2.05, 4.69) is 10.1 Å². The average Bonchev–Trinajstić information content (AvgIpc) is 3.05. The lowest BCUT2D eigenvalue weighted by Crippen LogP contribution is -2.29. The summed E-state index contributed by atoms with van der Waals surface area (Å²) in [5.74, 6) is 0. The van der Waals surface area contributed by atoms with Crippen molar-refractivity contribution >= 4 is 27.1 Å². The third kappa shape index (κ3) is 3.22. The molecule has 2 aromatic rings. The first-order chi connectivity index (χ1) is 11.5. The normalized spacial score (nSPS) is 16.5. The fourth-order valence-electron chi connectivity index (χ4n) is 2.82. The van der Waals surface area contributed by atoms with Gasteiger partial charge in [0.15, 0.2) is 0 Å². The quantitative estimate of drug-likeness (QED) is 0.652. The Morgan fingerprint density at radius 3 is 2.96 bits per heavy atom. The van der Waals surface area contributed by atoms with Crippen LogP contribution in [0.3, 0.4) is 0 Å². The Hall–Kier alpha value is -1.77. The molecule has 2 heterocycles. The van der Waals surface area contributed by atoms with Crippen molar-refractivity contribution in [2.24, 2.45) is 5.16 Å². The highest BCUT2D eigenvalue weighted by Crippen LogP contribution is 2.34. The van der Waals surface area contributed by atoms with Crippen LogP contribution in [-0.2, 0) is 22.9 Å². The molecule has 6 nitrogen and oxygen atoms in total. The van der Waals surface area contributed by atoms with Crippen LogP contribution in [-0.4, -0.2) is 42.2 Å². The maximum Gasteiger partial charge on any atom is 0.243 e. The van der Waals surface area contributed by atoms with Gasteiger partial charge in [-0.25, -0.2) is 12.7 Å². The van der Waals surface area contributed by atoms with Crippen molar-refractivity contribution in [3.63, 3.8) is 0 Å². The second-order valence-corrected chi connectivity index (χ2v) is 8.64. The SMILES string of the molecule is CN(CCc1cccnc1)S(=O)(=O)c1csc2c1CCCC2=NO. The van der Waals surface area contributed by atoms with Crippen LogP contribution in [0.15, 0.2) is 40.0 Å². The van der Waals surface area contributed by atoms with Gasteiger partial charge in [-0.15, -0.1) is 11.3 Å². The Morgan fingerprint density at radius 1 is 1.42 bits per heavy atom. The van der Waals surface area contributed by atoms with E-state index in [-0.39, 0.29) is 0 Å². The highest BCUT2D eigenvalue weighted by atomic mass is 32.2. The van der Waals surface area contributed by atoms with E-state index in [9.17, 15) is 8.42 Å². The fraction of sp³-hybridized carbons (Fsp3) is 0.375. The van der Waals surface area contributed by atoms with Gasteiger partial charge in [0.1, 0.15) is 0 Å². The summed E-state index contributed by atoms with van der Waals surface area (Å²) in [7, 11) is -1.96. The molecule has 0 unspecified atom stereocenters. The van der Waals surface area contributed by atoms with Gasteiger partial charge in [0.05, 0.1) is 15.5 Å². The van der Waals surface area contributed by atoms with Gasteiger partial charge in [-0.05, 0) is 42.9 Å². The summed E-state index contributed by atoms with van der Waals surface area (Å²) in [5.41, 5.74) is 2.37. The molecule has 24 heavy (non-hydrogen) atoms. The minimum absolute atomic E-state index is 0.344. The maximum absolute atomic E-state index is 12.9. The first-order valence-electron chi connectivity index (χ1n) is 7.71. The van der Waals surface area contributed by atoms with Gasteiger partial charge in [0.2, 0.25) is 10.0 Å². The Balaban J connectivity index is 1.82. The van der Waals surface area contributed by atoms with Gasteiger partial charge in [-0.2, -0.15) is 0 Å². The number of rotatable bonds is 5. The topological polar surface area (TPSA) is 82.9 Å². The van der Waals surface area contributed by atoms with Crippen LogP contribution >= 0.6 is 11.3 Å². The molecule has 0 atom stereocenters. The van der Waals surface area contributed by atoms with E-state index in [1.54, 1.807) is 24.8 Å². The molecule has 128 valence electrons. The van der Waals surface area contributed by atoms with Gasteiger partial charge < -0.3 is 5.21 Å². The fourth-order valence-corrected chi connectivity index (χ4v) is 5.70. The monoisotopic (exact) mass is 365 g/mol. The summed E-state index contributed by atoms with van der Waals surface area (Å²) >= 11 is 1.34. The minimum atomic E-state index is -3.55. The molecule has 0 spiro atoms. The van der Waals surface area contributed by atoms with Crippen molar-refractivity contribution < 1.29 is 13.6 Å². The minimum Gasteiger partial charge on any atom is -0.411 e. The van der Waals surface area contributed by atoms with Crippen LogP contribution in [0.2, 0.25) is 0 Å². The van der Waals surface area contributed by atoms with Crippen molar-refractivity contribution in [2.45, 2.75) is 30.6 Å². The Labute approximate surface area is 145 Å². The smallest absolute Gasteiger partial charge is 0.243 e. The first-order valence-corrected chi connectivity index (χ1v) is 10.0. The van der Waals surface area contributed by atoms with Gasteiger partial charge in [0.25, 0.3) is 0 Å². The molecule has 3 rings (SSSR count). The number of pyridine rings is 1. The molecular formula is C16H19N3O3S2. The summed E-state index contributed by atoms with van der Waals surface area (Å²) in [6.45, 7) is 0.388. The maximum atomic E-state index is 12.9. The van der Waals surface area contributed by atoms with Crippen LogP contribution < -0.4 is 0 Å². The molecule has 0 bridgehead atoms. The van der Waals surface area contributed by atoms with E-state index in [0.29, 0.717) is 36.4 Å². The Morgan fingerprint density at radius 2 is 2.25 bits per heavy atom. The number of nitrogens with zero attached hydrogens (tertiary/aromatic N) is 3. The molecule has 0 aromatic carbocycles. The molecule has 0 saturated carbocycles. The average molecular weight is 365 g/mol. The van der Waals surface area contributed by atoms with Crippen molar-refractivity contribution in [3.05, 3.63) is 45.9 Å². The number of fused-ring (bicyclic) bond motifs is 1. The summed E-state index contributed by atoms with van der Waals surface area (Å²) in [6, 6.07) is 3.78. The van der Waals surface area contributed by atoms with Gasteiger partial charge >= 0.3 is 0 Å². The van der Waals surface area contributed by atoms with Crippen molar-refractivity contribution in [3.8, 4) is 0 Å². The molecule has 0 fully saturated rings. The zero-order chi connectivity index (χ0) is 17.2. The predicted octanol–water partition coefficient (Wildman–Crippen LogP) is 2.52. The molecule has 2 aromatic heterocycles. The van der Waals surface area contributed by atoms with E-state index < -0.39 is 10.0 Å². The molecule has 0 aliphatic heterocycles. The van der Waals surface area contributed by atoms with Gasteiger partial charge in [0, 0.05) is 31.4 Å². The van der Waals surface area contributed by atoms with Crippen molar-refractivity contribution in [2.75, 3.05) is 13.6 Å². The molecule has 1 aliphatic rings. The largest absolute Gasteiger partial charge is 0.411 e. The molecule has 0 radical (unpaired) electrons. The Bertz CT molecular complexity index is 845. The number of aromatic nitrogens is 1. The molecular weight excluding hydrogens is 346 g/mol. The van der Waals surface area contributed by atoms with Crippen LogP contribution in [0.1, 0.15) is 28.8 Å². The summed E-state index contributed by atoms with van der Waals surface area (Å²) < 4.78 is 27.2. The van der Waals surface area contributed by atoms with Crippen LogP contribution in [0.5, 0.6) is 0 Å². The lowest BCUT2D eigenvalue weighted by molar-refractivity contribution is 0.317. The number of thiophene rings is 1. The number of hydrogen-bond acceptors (Lipinski definition) is 6. The van der Waals surface area contributed by atoms with Crippen LogP contribution in [0.25, 0.3) is 0 Å².